The van der Waals surface area contributed by atoms with E-state index in [1.165, 1.54) is 6.20 Å². The Kier molecular flexibility index (Phi) is 4.50. The first-order chi connectivity index (χ1) is 10.1. The Morgan fingerprint density at radius 2 is 1.77 bits per heavy atom. The van der Waals surface area contributed by atoms with Crippen LogP contribution in [0.2, 0.25) is 0 Å². The Morgan fingerprint density at radius 1 is 1.23 bits per heavy atom. The van der Waals surface area contributed by atoms with E-state index in [1.807, 2.05) is 60.9 Å². The molecule has 2 rings (SSSR count). The van der Waals surface area contributed by atoms with E-state index >= 15 is 0 Å². The molecule has 8 heteroatoms. The van der Waals surface area contributed by atoms with Crippen molar-refractivity contribution in [2.45, 2.75) is 26.9 Å². The molecule has 0 radical (unpaired) electrons. The summed E-state index contributed by atoms with van der Waals surface area (Å²) in [5.41, 5.74) is 5.81. The minimum absolute atomic E-state index is 0.435. The molecule has 4 nitrogen and oxygen atoms in total. The van der Waals surface area contributed by atoms with Crippen molar-refractivity contribution >= 4 is 28.5 Å². The molecule has 1 heterocycles. The molecule has 1 amide bonds. The Balaban J connectivity index is 2.43. The van der Waals surface area contributed by atoms with Gasteiger partial charge >= 0.3 is 15.9 Å². The van der Waals surface area contributed by atoms with Crippen molar-refractivity contribution < 1.29 is 22.5 Å². The molecule has 0 spiro atoms. The third kappa shape index (κ3) is 3.26. The summed E-state index contributed by atoms with van der Waals surface area (Å²) < 4.78 is 40.2. The van der Waals surface area contributed by atoms with E-state index in [1.54, 1.807) is 10.8 Å². The highest BCUT2D eigenvalue weighted by molar-refractivity contribution is 14.1. The van der Waals surface area contributed by atoms with Crippen molar-refractivity contribution in [3.05, 3.63) is 45.0 Å². The van der Waals surface area contributed by atoms with Crippen LogP contribution in [0.3, 0.4) is 0 Å². The van der Waals surface area contributed by atoms with Crippen molar-refractivity contribution in [3.63, 3.8) is 0 Å². The minimum Gasteiger partial charge on any atom is -0.261 e. The number of benzene rings is 1. The van der Waals surface area contributed by atoms with Crippen LogP contribution in [0.5, 0.6) is 0 Å². The molecule has 0 aliphatic heterocycles. The second-order valence-electron chi connectivity index (χ2n) is 4.99. The number of aromatic nitrogens is 2. The third-order valence-corrected chi connectivity index (χ3v) is 4.16. The van der Waals surface area contributed by atoms with E-state index in [2.05, 4.69) is 0 Å². The summed E-state index contributed by atoms with van der Waals surface area (Å²) in [5.74, 6) is -2.01. The number of alkyl halides is 3. The summed E-state index contributed by atoms with van der Waals surface area (Å²) in [4.78, 5) is 11.0. The number of nitrogens with one attached hydrogen (secondary N) is 1. The predicted octanol–water partition coefficient (Wildman–Crippen LogP) is 2.93. The lowest BCUT2D eigenvalue weighted by Crippen LogP contribution is -2.40. The fourth-order valence-electron chi connectivity index (χ4n) is 2.35. The number of carbonyl (C=O) groups is 1. The van der Waals surface area contributed by atoms with Crippen molar-refractivity contribution in [2.24, 2.45) is 0 Å². The summed E-state index contributed by atoms with van der Waals surface area (Å²) in [7, 11) is 0. The zero-order valence-corrected chi connectivity index (χ0v) is 14.3. The fraction of sp³-hybridized carbons (Fsp3) is 0.286. The molecule has 118 valence electrons. The standard InChI is InChI=1S/C14H13F3IN3O/c1-8-6-9(2)11(10(3)7-8)20-4-5-21(13(20)18)19-12(22)14(15,16)17/h4-7H,1-3H3/p+1. The van der Waals surface area contributed by atoms with Gasteiger partial charge in [0.05, 0.1) is 22.6 Å². The molecule has 0 aliphatic carbocycles. The molecule has 0 unspecified atom stereocenters. The topological polar surface area (TPSA) is 37.9 Å². The van der Waals surface area contributed by atoms with Gasteiger partial charge in [0.15, 0.2) is 6.20 Å². The number of imidazole rings is 1. The number of amides is 1. The van der Waals surface area contributed by atoms with Crippen molar-refractivity contribution in [3.8, 4) is 5.69 Å². The molecule has 1 N–H and O–H groups in total. The molecule has 0 atom stereocenters. The first-order valence-electron chi connectivity index (χ1n) is 6.36. The lowest BCUT2D eigenvalue weighted by Gasteiger charge is -2.08. The lowest BCUT2D eigenvalue weighted by molar-refractivity contribution is -0.609. The number of nitrogens with zero attached hydrogens (tertiary/aromatic N) is 2. The number of aryl methyl sites for hydroxylation is 3. The molecule has 0 fully saturated rings. The SMILES string of the molecule is Cc1cc(C)c(-[n+]2ccn(NC(=O)C(F)(F)F)c2I)c(C)c1. The second-order valence-corrected chi connectivity index (χ2v) is 5.96. The van der Waals surface area contributed by atoms with E-state index in [9.17, 15) is 18.0 Å². The van der Waals surface area contributed by atoms with Gasteiger partial charge in [-0.1, -0.05) is 17.7 Å². The molecule has 0 bridgehead atoms. The molecule has 1 aromatic heterocycles. The Hall–Kier alpha value is -1.58. The highest BCUT2D eigenvalue weighted by atomic mass is 127. The van der Waals surface area contributed by atoms with Gasteiger partial charge in [-0.2, -0.15) is 23.2 Å². The molecule has 1 aromatic carbocycles. The van der Waals surface area contributed by atoms with E-state index < -0.39 is 12.1 Å². The quantitative estimate of drug-likeness (QED) is 0.585. The van der Waals surface area contributed by atoms with E-state index in [-0.39, 0.29) is 0 Å². The van der Waals surface area contributed by atoms with Crippen molar-refractivity contribution in [2.75, 3.05) is 5.43 Å². The predicted molar refractivity (Wildman–Crippen MR) is 83.3 cm³/mol. The first-order valence-corrected chi connectivity index (χ1v) is 7.44. The van der Waals surface area contributed by atoms with Gasteiger partial charge in [-0.05, 0) is 31.9 Å². The average molecular weight is 424 g/mol. The third-order valence-electron chi connectivity index (χ3n) is 3.12. The van der Waals surface area contributed by atoms with Gasteiger partial charge in [-0.3, -0.25) is 4.79 Å². The number of halogens is 4. The maximum Gasteiger partial charge on any atom is 0.474 e. The van der Waals surface area contributed by atoms with Gasteiger partial charge < -0.3 is 0 Å². The zero-order chi connectivity index (χ0) is 16.7. The fourth-order valence-corrected chi connectivity index (χ4v) is 3.03. The highest BCUT2D eigenvalue weighted by Crippen LogP contribution is 2.18. The van der Waals surface area contributed by atoms with E-state index in [0.717, 1.165) is 27.1 Å². The minimum atomic E-state index is -4.92. The number of rotatable bonds is 2. The average Bonchev–Trinajstić information content (AvgIpc) is 2.69. The van der Waals surface area contributed by atoms with Gasteiger partial charge in [-0.15, -0.1) is 4.68 Å². The van der Waals surface area contributed by atoms with Crippen LogP contribution in [0.25, 0.3) is 5.69 Å². The molecule has 0 saturated heterocycles. The van der Waals surface area contributed by atoms with Gasteiger partial charge in [0.1, 0.15) is 11.9 Å². The molecule has 2 aromatic rings. The maximum absolute atomic E-state index is 12.3. The summed E-state index contributed by atoms with van der Waals surface area (Å²) in [6.07, 6.45) is -1.93. The monoisotopic (exact) mass is 424 g/mol. The summed E-state index contributed by atoms with van der Waals surface area (Å²) in [6.45, 7) is 5.85. The van der Waals surface area contributed by atoms with Gasteiger partial charge in [0.25, 0.3) is 0 Å². The number of carbonyl (C=O) groups excluding carboxylic acids is 1. The molecule has 0 saturated carbocycles. The van der Waals surface area contributed by atoms with Crippen LogP contribution in [0.1, 0.15) is 16.7 Å². The van der Waals surface area contributed by atoms with E-state index in [4.69, 9.17) is 0 Å². The van der Waals surface area contributed by atoms with Crippen molar-refractivity contribution in [1.29, 1.82) is 0 Å². The smallest absolute Gasteiger partial charge is 0.261 e. The lowest BCUT2D eigenvalue weighted by atomic mass is 10.1. The summed E-state index contributed by atoms with van der Waals surface area (Å²) >= 11 is 1.89. The molecule has 0 aliphatic rings. The first kappa shape index (κ1) is 16.8. The summed E-state index contributed by atoms with van der Waals surface area (Å²) in [5, 5.41) is 0. The van der Waals surface area contributed by atoms with Crippen LogP contribution in [-0.2, 0) is 4.79 Å². The van der Waals surface area contributed by atoms with Crippen LogP contribution in [0.4, 0.5) is 13.2 Å². The van der Waals surface area contributed by atoms with Crippen LogP contribution in [0, 0.1) is 24.6 Å². The normalized spacial score (nSPS) is 11.6. The Labute approximate surface area is 139 Å². The van der Waals surface area contributed by atoms with Crippen molar-refractivity contribution in [1.82, 2.24) is 4.68 Å². The van der Waals surface area contributed by atoms with E-state index in [0.29, 0.717) is 3.83 Å². The largest absolute Gasteiger partial charge is 0.474 e. The van der Waals surface area contributed by atoms with Crippen LogP contribution < -0.4 is 9.99 Å². The molecular weight excluding hydrogens is 410 g/mol. The Morgan fingerprint density at radius 3 is 2.27 bits per heavy atom. The second kappa shape index (κ2) is 5.90. The number of hydrogen-bond acceptors (Lipinski definition) is 1. The van der Waals surface area contributed by atoms with Crippen LogP contribution >= 0.6 is 22.6 Å². The number of hydrogen-bond donors (Lipinski definition) is 1. The summed E-state index contributed by atoms with van der Waals surface area (Å²) in [6, 6.07) is 3.99. The van der Waals surface area contributed by atoms with Gasteiger partial charge in [0, 0.05) is 0 Å². The van der Waals surface area contributed by atoms with Crippen LogP contribution in [-0.4, -0.2) is 16.8 Å². The van der Waals surface area contributed by atoms with Gasteiger partial charge in [0.2, 0.25) is 0 Å². The van der Waals surface area contributed by atoms with Crippen LogP contribution in [0.15, 0.2) is 24.5 Å². The highest BCUT2D eigenvalue weighted by Gasteiger charge is 2.40. The maximum atomic E-state index is 12.3. The van der Waals surface area contributed by atoms with Gasteiger partial charge in [-0.25, -0.2) is 0 Å². The molecule has 22 heavy (non-hydrogen) atoms. The molecular formula is C14H14F3IN3O+. The Bertz CT molecular complexity index is 714. The zero-order valence-electron chi connectivity index (χ0n) is 12.1.